The normalized spacial score (nSPS) is 35.4. The molecule has 0 bridgehead atoms. The molecule has 0 aromatic heterocycles. The summed E-state index contributed by atoms with van der Waals surface area (Å²) >= 11 is 0. The maximum atomic E-state index is 3.66. The average molecular weight is 238 g/mol. The second-order valence-corrected chi connectivity index (χ2v) is 5.23. The number of benzene rings is 1. The Kier molecular flexibility index (Phi) is 3.02. The van der Waals surface area contributed by atoms with E-state index in [-0.39, 0.29) is 12.4 Å². The largest absolute Gasteiger partial charge is 0.313 e. The lowest BCUT2D eigenvalue weighted by atomic mass is 9.93. The summed E-state index contributed by atoms with van der Waals surface area (Å²) in [4.78, 5) is 0. The number of nitrogens with one attached hydrogen (secondary N) is 1. The van der Waals surface area contributed by atoms with E-state index in [1.165, 1.54) is 24.9 Å². The van der Waals surface area contributed by atoms with E-state index < -0.39 is 0 Å². The van der Waals surface area contributed by atoms with Crippen molar-refractivity contribution in [3.05, 3.63) is 35.4 Å². The molecule has 1 saturated heterocycles. The summed E-state index contributed by atoms with van der Waals surface area (Å²) in [5.41, 5.74) is 3.43. The molecule has 2 aliphatic rings. The van der Waals surface area contributed by atoms with E-state index in [0.29, 0.717) is 5.41 Å². The van der Waals surface area contributed by atoms with Crippen LogP contribution in [0.5, 0.6) is 0 Å². The van der Waals surface area contributed by atoms with Gasteiger partial charge in [-0.05, 0) is 31.2 Å². The van der Waals surface area contributed by atoms with E-state index in [0.717, 1.165) is 12.0 Å². The van der Waals surface area contributed by atoms with E-state index in [1.54, 1.807) is 5.56 Å². The molecule has 1 heterocycles. The lowest BCUT2D eigenvalue weighted by Crippen LogP contribution is -2.26. The lowest BCUT2D eigenvalue weighted by Gasteiger charge is -2.12. The van der Waals surface area contributed by atoms with Crippen LogP contribution < -0.4 is 5.32 Å². The molecule has 1 aliphatic heterocycles. The Labute approximate surface area is 104 Å². The Morgan fingerprint density at radius 1 is 1.31 bits per heavy atom. The minimum Gasteiger partial charge on any atom is -0.313 e. The summed E-state index contributed by atoms with van der Waals surface area (Å²) in [6.45, 7) is 5.65. The van der Waals surface area contributed by atoms with Gasteiger partial charge >= 0.3 is 0 Å². The van der Waals surface area contributed by atoms with Crippen molar-refractivity contribution in [2.45, 2.75) is 38.1 Å². The van der Waals surface area contributed by atoms with E-state index in [4.69, 9.17) is 0 Å². The zero-order valence-electron chi connectivity index (χ0n) is 9.99. The summed E-state index contributed by atoms with van der Waals surface area (Å²) in [6, 6.07) is 9.92. The predicted octanol–water partition coefficient (Wildman–Crippen LogP) is 3.06. The summed E-state index contributed by atoms with van der Waals surface area (Å²) in [5.74, 6) is 0.908. The third-order valence-corrected chi connectivity index (χ3v) is 4.37. The first-order chi connectivity index (χ1) is 7.26. The molecule has 1 aromatic rings. The Morgan fingerprint density at radius 3 is 2.50 bits per heavy atom. The van der Waals surface area contributed by atoms with Crippen LogP contribution >= 0.6 is 12.4 Å². The highest BCUT2D eigenvalue weighted by Crippen LogP contribution is 2.59. The van der Waals surface area contributed by atoms with Gasteiger partial charge in [0.2, 0.25) is 0 Å². The van der Waals surface area contributed by atoms with Gasteiger partial charge in [-0.3, -0.25) is 0 Å². The predicted molar refractivity (Wildman–Crippen MR) is 70.3 cm³/mol. The molecule has 3 atom stereocenters. The first kappa shape index (κ1) is 11.9. The summed E-state index contributed by atoms with van der Waals surface area (Å²) < 4.78 is 0. The topological polar surface area (TPSA) is 12.0 Å². The summed E-state index contributed by atoms with van der Waals surface area (Å²) in [6.07, 6.45) is 2.68. The van der Waals surface area contributed by atoms with Crippen molar-refractivity contribution in [1.29, 1.82) is 0 Å². The zero-order chi connectivity index (χ0) is 10.5. The molecular formula is C14H20ClN. The van der Waals surface area contributed by atoms with Gasteiger partial charge in [0.1, 0.15) is 0 Å². The summed E-state index contributed by atoms with van der Waals surface area (Å²) in [7, 11) is 0. The van der Waals surface area contributed by atoms with Crippen LogP contribution in [0.1, 0.15) is 30.9 Å². The van der Waals surface area contributed by atoms with Gasteiger partial charge in [0, 0.05) is 18.0 Å². The van der Waals surface area contributed by atoms with E-state index in [9.17, 15) is 0 Å². The molecule has 0 amide bonds. The maximum Gasteiger partial charge on any atom is 0.0125 e. The smallest absolute Gasteiger partial charge is 0.0125 e. The molecule has 3 unspecified atom stereocenters. The molecule has 2 fully saturated rings. The first-order valence-corrected chi connectivity index (χ1v) is 6.07. The monoisotopic (exact) mass is 237 g/mol. The van der Waals surface area contributed by atoms with E-state index in [1.807, 2.05) is 0 Å². The number of piperidine rings is 1. The van der Waals surface area contributed by atoms with Crippen LogP contribution in [0, 0.1) is 12.8 Å². The van der Waals surface area contributed by atoms with Gasteiger partial charge in [-0.1, -0.05) is 36.8 Å². The summed E-state index contributed by atoms with van der Waals surface area (Å²) in [5, 5.41) is 3.66. The molecule has 1 N–H and O–H groups in total. The third kappa shape index (κ3) is 1.57. The van der Waals surface area contributed by atoms with Gasteiger partial charge in [0.25, 0.3) is 0 Å². The molecule has 88 valence electrons. The number of rotatable bonds is 2. The molecule has 3 rings (SSSR count). The Bertz CT molecular complexity index is 373. The minimum absolute atomic E-state index is 0. The van der Waals surface area contributed by atoms with Crippen LogP contribution in [0.4, 0.5) is 0 Å². The van der Waals surface area contributed by atoms with Crippen molar-refractivity contribution in [1.82, 2.24) is 5.32 Å². The highest BCUT2D eigenvalue weighted by atomic mass is 35.5. The second kappa shape index (κ2) is 4.05. The van der Waals surface area contributed by atoms with Crippen LogP contribution in [-0.4, -0.2) is 12.6 Å². The number of aryl methyl sites for hydroxylation is 1. The molecular weight excluding hydrogens is 218 g/mol. The molecule has 0 radical (unpaired) electrons. The fourth-order valence-corrected chi connectivity index (χ4v) is 3.27. The molecule has 1 aliphatic carbocycles. The lowest BCUT2D eigenvalue weighted by molar-refractivity contribution is 0.519. The molecule has 16 heavy (non-hydrogen) atoms. The van der Waals surface area contributed by atoms with Gasteiger partial charge in [-0.25, -0.2) is 0 Å². The molecule has 0 spiro atoms. The average Bonchev–Trinajstić information content (AvgIpc) is 2.88. The van der Waals surface area contributed by atoms with Crippen molar-refractivity contribution in [2.75, 3.05) is 6.54 Å². The second-order valence-electron chi connectivity index (χ2n) is 5.23. The van der Waals surface area contributed by atoms with Crippen molar-refractivity contribution in [3.8, 4) is 0 Å². The van der Waals surface area contributed by atoms with Crippen LogP contribution in [0.15, 0.2) is 24.3 Å². The number of halogens is 1. The van der Waals surface area contributed by atoms with Crippen LogP contribution in [-0.2, 0) is 5.41 Å². The molecule has 2 heteroatoms. The Morgan fingerprint density at radius 2 is 2.00 bits per heavy atom. The van der Waals surface area contributed by atoms with Crippen LogP contribution in [0.25, 0.3) is 0 Å². The number of hydrogen-bond donors (Lipinski definition) is 1. The Balaban J connectivity index is 0.000000963. The van der Waals surface area contributed by atoms with Crippen molar-refractivity contribution in [2.24, 2.45) is 5.92 Å². The maximum absolute atomic E-state index is 3.66. The number of hydrogen-bond acceptors (Lipinski definition) is 1. The molecule has 1 saturated carbocycles. The van der Waals surface area contributed by atoms with Crippen molar-refractivity contribution >= 4 is 12.4 Å². The fourth-order valence-electron chi connectivity index (χ4n) is 3.27. The van der Waals surface area contributed by atoms with Gasteiger partial charge in [0.15, 0.2) is 0 Å². The SMILES string of the molecule is CCC1NCC2(c3ccc(C)cc3)CC12.Cl. The van der Waals surface area contributed by atoms with Gasteiger partial charge in [-0.15, -0.1) is 12.4 Å². The van der Waals surface area contributed by atoms with Gasteiger partial charge in [0.05, 0.1) is 0 Å². The third-order valence-electron chi connectivity index (χ3n) is 4.37. The standard InChI is InChI=1S/C14H19N.ClH/c1-3-13-12-8-14(12,9-15-13)11-6-4-10(2)5-7-11;/h4-7,12-13,15H,3,8-9H2,1-2H3;1H. The molecule has 1 aromatic carbocycles. The first-order valence-electron chi connectivity index (χ1n) is 6.07. The fraction of sp³-hybridized carbons (Fsp3) is 0.571. The highest BCUT2D eigenvalue weighted by molar-refractivity contribution is 5.85. The van der Waals surface area contributed by atoms with Crippen LogP contribution in [0.2, 0.25) is 0 Å². The zero-order valence-corrected chi connectivity index (χ0v) is 10.8. The van der Waals surface area contributed by atoms with Gasteiger partial charge in [-0.2, -0.15) is 0 Å². The quantitative estimate of drug-likeness (QED) is 0.834. The minimum atomic E-state index is 0. The highest BCUT2D eigenvalue weighted by Gasteiger charge is 2.61. The Hall–Kier alpha value is -0.530. The van der Waals surface area contributed by atoms with Crippen LogP contribution in [0.3, 0.4) is 0 Å². The van der Waals surface area contributed by atoms with E-state index in [2.05, 4.69) is 43.4 Å². The number of fused-ring (bicyclic) bond motifs is 1. The van der Waals surface area contributed by atoms with Crippen molar-refractivity contribution in [3.63, 3.8) is 0 Å². The van der Waals surface area contributed by atoms with E-state index >= 15 is 0 Å². The molecule has 1 nitrogen and oxygen atoms in total. The van der Waals surface area contributed by atoms with Gasteiger partial charge < -0.3 is 5.32 Å². The van der Waals surface area contributed by atoms with Crippen molar-refractivity contribution < 1.29 is 0 Å².